The van der Waals surface area contributed by atoms with Gasteiger partial charge >= 0.3 is 0 Å². The molecule has 1 heterocycles. The Labute approximate surface area is 239 Å². The normalized spacial score (nSPS) is 18.0. The number of aliphatic imine (C=N–C) groups is 1. The quantitative estimate of drug-likeness (QED) is 0.0808. The molecule has 0 fully saturated rings. The maximum atomic E-state index is 14.0. The zero-order valence-corrected chi connectivity index (χ0v) is 23.1. The molecule has 0 aromatic heterocycles. The Morgan fingerprint density at radius 3 is 2.59 bits per heavy atom. The maximum absolute atomic E-state index is 14.0. The van der Waals surface area contributed by atoms with Gasteiger partial charge in [-0.15, -0.1) is 0 Å². The van der Waals surface area contributed by atoms with Gasteiger partial charge in [0.05, 0.1) is 6.61 Å². The first-order valence-electron chi connectivity index (χ1n) is 13.5. The van der Waals surface area contributed by atoms with Crippen LogP contribution in [-0.2, 0) is 9.53 Å². The third kappa shape index (κ3) is 7.32. The van der Waals surface area contributed by atoms with Crippen LogP contribution in [0.1, 0.15) is 49.5 Å². The Morgan fingerprint density at radius 2 is 1.88 bits per heavy atom. The van der Waals surface area contributed by atoms with Crippen molar-refractivity contribution in [2.45, 2.75) is 44.4 Å². The van der Waals surface area contributed by atoms with Crippen LogP contribution in [0.4, 0.5) is 5.69 Å². The topological polar surface area (TPSA) is 141 Å². The molecule has 3 aromatic rings. The highest BCUT2D eigenvalue weighted by atomic mass is 16.5. The number of hydrogen-bond acceptors (Lipinski definition) is 7. The van der Waals surface area contributed by atoms with Gasteiger partial charge in [0.1, 0.15) is 5.75 Å². The molecule has 10 heteroatoms. The van der Waals surface area contributed by atoms with Crippen molar-refractivity contribution in [2.75, 3.05) is 13.2 Å². The molecule has 0 saturated heterocycles. The van der Waals surface area contributed by atoms with Gasteiger partial charge in [-0.1, -0.05) is 71.9 Å². The van der Waals surface area contributed by atoms with Crippen molar-refractivity contribution in [1.82, 2.24) is 10.9 Å². The lowest BCUT2D eigenvalue weighted by Crippen LogP contribution is -2.54. The van der Waals surface area contributed by atoms with Crippen LogP contribution in [0.2, 0.25) is 0 Å². The van der Waals surface area contributed by atoms with Gasteiger partial charge in [0.2, 0.25) is 5.90 Å². The van der Waals surface area contributed by atoms with Crippen molar-refractivity contribution < 1.29 is 19.4 Å². The smallest absolute Gasteiger partial charge is 0.266 e. The number of carbonyl (C=O) groups excluding carboxylic acids is 1. The number of nitrogens with one attached hydrogen (secondary N) is 2. The van der Waals surface area contributed by atoms with E-state index in [9.17, 15) is 10.3 Å². The molecule has 212 valence electrons. The van der Waals surface area contributed by atoms with E-state index in [4.69, 9.17) is 19.6 Å². The summed E-state index contributed by atoms with van der Waals surface area (Å²) in [6.07, 6.45) is 3.68. The number of hydrogen-bond donors (Lipinski definition) is 3. The van der Waals surface area contributed by atoms with Gasteiger partial charge in [-0.05, 0) is 49.2 Å². The molecule has 1 aliphatic heterocycles. The summed E-state index contributed by atoms with van der Waals surface area (Å²) in [5, 5.41) is 12.9. The van der Waals surface area contributed by atoms with Crippen molar-refractivity contribution in [1.29, 1.82) is 0 Å². The summed E-state index contributed by atoms with van der Waals surface area (Å²) in [5.74, 6) is 0.533. The number of ether oxygens (including phenoxy) is 2. The summed E-state index contributed by atoms with van der Waals surface area (Å²) in [7, 11) is 0. The third-order valence-corrected chi connectivity index (χ3v) is 6.41. The molecule has 0 bridgehead atoms. The number of aliphatic hydroxyl groups excluding tert-OH is 1. The number of azide groups is 1. The summed E-state index contributed by atoms with van der Waals surface area (Å²) in [6.45, 7) is 4.28. The number of rotatable bonds is 13. The molecule has 3 N–H and O–H groups in total. The van der Waals surface area contributed by atoms with Gasteiger partial charge in [-0.25, -0.2) is 10.4 Å². The average Bonchev–Trinajstić information content (AvgIpc) is 3.38. The Bertz CT molecular complexity index is 1420. The van der Waals surface area contributed by atoms with E-state index in [2.05, 4.69) is 20.9 Å². The fourth-order valence-electron chi connectivity index (χ4n) is 4.40. The van der Waals surface area contributed by atoms with E-state index in [0.717, 1.165) is 5.56 Å². The lowest BCUT2D eigenvalue weighted by molar-refractivity contribution is -0.130. The minimum absolute atomic E-state index is 0.0195. The number of carbonyl (C=O) groups is 1. The van der Waals surface area contributed by atoms with Crippen molar-refractivity contribution >= 4 is 23.6 Å². The average molecular weight is 555 g/mol. The number of benzene rings is 3. The summed E-state index contributed by atoms with van der Waals surface area (Å²) < 4.78 is 12.1. The Hall–Kier alpha value is -4.63. The van der Waals surface area contributed by atoms with Crippen LogP contribution in [0, 0.1) is 0 Å². The number of aliphatic hydroxyl groups is 1. The minimum Gasteiger partial charge on any atom is -0.494 e. The van der Waals surface area contributed by atoms with Crippen LogP contribution >= 0.6 is 0 Å². The molecule has 0 saturated carbocycles. The predicted octanol–water partition coefficient (Wildman–Crippen LogP) is 5.78. The molecule has 0 radical (unpaired) electrons. The number of hydrazine groups is 1. The highest BCUT2D eigenvalue weighted by Crippen LogP contribution is 2.45. The van der Waals surface area contributed by atoms with Crippen LogP contribution in [0.25, 0.3) is 16.5 Å². The third-order valence-electron chi connectivity index (χ3n) is 6.41. The second-order valence-corrected chi connectivity index (χ2v) is 9.81. The van der Waals surface area contributed by atoms with Crippen molar-refractivity contribution in [3.63, 3.8) is 0 Å². The van der Waals surface area contributed by atoms with Crippen LogP contribution in [0.15, 0.2) is 95.0 Å². The summed E-state index contributed by atoms with van der Waals surface area (Å²) >= 11 is 0. The lowest BCUT2D eigenvalue weighted by atomic mass is 9.83. The van der Waals surface area contributed by atoms with Gasteiger partial charge < -0.3 is 14.6 Å². The summed E-state index contributed by atoms with van der Waals surface area (Å²) in [6, 6.07) is 24.0. The van der Waals surface area contributed by atoms with E-state index in [1.54, 1.807) is 36.4 Å². The van der Waals surface area contributed by atoms with Gasteiger partial charge in [0.15, 0.2) is 11.6 Å². The van der Waals surface area contributed by atoms with Gasteiger partial charge in [0, 0.05) is 47.2 Å². The lowest BCUT2D eigenvalue weighted by Gasteiger charge is -2.30. The van der Waals surface area contributed by atoms with Crippen molar-refractivity contribution in [3.8, 4) is 5.75 Å². The SMILES string of the molecule is CC(C)NNC(=O)[C@@]1(C/C=C/c2ccccc2)N=C(c2ccc(OCCCO)cc2)O[C@H]1c1ccccc1N=[N+]=[N-]. The first-order valence-corrected chi connectivity index (χ1v) is 13.5. The van der Waals surface area contributed by atoms with E-state index < -0.39 is 11.6 Å². The largest absolute Gasteiger partial charge is 0.494 e. The summed E-state index contributed by atoms with van der Waals surface area (Å²) in [4.78, 5) is 21.9. The zero-order valence-electron chi connectivity index (χ0n) is 23.1. The van der Waals surface area contributed by atoms with Gasteiger partial charge in [-0.3, -0.25) is 10.2 Å². The van der Waals surface area contributed by atoms with E-state index in [1.165, 1.54) is 0 Å². The van der Waals surface area contributed by atoms with Crippen molar-refractivity contribution in [3.05, 3.63) is 112 Å². The molecule has 2 atom stereocenters. The first kappa shape index (κ1) is 29.4. The Kier molecular flexibility index (Phi) is 10.1. The number of nitrogens with zero attached hydrogens (tertiary/aromatic N) is 4. The number of amides is 1. The van der Waals surface area contributed by atoms with E-state index in [-0.39, 0.29) is 30.9 Å². The van der Waals surface area contributed by atoms with E-state index >= 15 is 0 Å². The molecule has 0 spiro atoms. The van der Waals surface area contributed by atoms with Crippen LogP contribution in [0.3, 0.4) is 0 Å². The predicted molar refractivity (Wildman–Crippen MR) is 158 cm³/mol. The molecule has 1 amide bonds. The van der Waals surface area contributed by atoms with Gasteiger partial charge in [0.25, 0.3) is 5.91 Å². The van der Waals surface area contributed by atoms with Crippen LogP contribution in [0.5, 0.6) is 5.75 Å². The highest BCUT2D eigenvalue weighted by Gasteiger charge is 2.53. The Balaban J connectivity index is 1.79. The first-order chi connectivity index (χ1) is 20.0. The van der Waals surface area contributed by atoms with E-state index in [1.807, 2.05) is 68.5 Å². The molecule has 41 heavy (non-hydrogen) atoms. The standard InChI is InChI=1S/C31H34N6O4/c1-22(2)34-36-30(39)31(19-8-12-23-10-4-3-5-11-23)28(26-13-6-7-14-27(26)35-37-32)41-29(33-31)24-15-17-25(18-16-24)40-21-9-20-38/h3-8,10-18,22,28,34,38H,9,19-21H2,1-2H3,(H,36,39)/b12-8+/t28-,31-/m0/s1. The molecule has 4 rings (SSSR count). The van der Waals surface area contributed by atoms with Gasteiger partial charge in [-0.2, -0.15) is 0 Å². The summed E-state index contributed by atoms with van der Waals surface area (Å²) in [5.41, 5.74) is 16.1. The van der Waals surface area contributed by atoms with Crippen molar-refractivity contribution in [2.24, 2.45) is 10.1 Å². The van der Waals surface area contributed by atoms with Crippen LogP contribution < -0.4 is 15.6 Å². The molecule has 1 aliphatic rings. The highest BCUT2D eigenvalue weighted by molar-refractivity contribution is 6.01. The second kappa shape index (κ2) is 14.1. The molecule has 10 nitrogen and oxygen atoms in total. The Morgan fingerprint density at radius 1 is 1.15 bits per heavy atom. The van der Waals surface area contributed by atoms with E-state index in [0.29, 0.717) is 35.6 Å². The molecular weight excluding hydrogens is 520 g/mol. The fourth-order valence-corrected chi connectivity index (χ4v) is 4.40. The maximum Gasteiger partial charge on any atom is 0.266 e. The minimum atomic E-state index is -1.43. The van der Waals surface area contributed by atoms with Crippen LogP contribution in [-0.4, -0.2) is 41.7 Å². The fraction of sp³-hybridized carbons (Fsp3) is 0.290. The molecule has 3 aromatic carbocycles. The molecule has 0 unspecified atom stereocenters. The molecule has 0 aliphatic carbocycles. The zero-order chi connectivity index (χ0) is 29.1. The molecular formula is C31H34N6O4. The monoisotopic (exact) mass is 554 g/mol. The second-order valence-electron chi connectivity index (χ2n) is 9.81.